The van der Waals surface area contributed by atoms with Crippen LogP contribution in [0.15, 0.2) is 126 Å². The van der Waals surface area contributed by atoms with Gasteiger partial charge in [0.25, 0.3) is 11.8 Å². The van der Waals surface area contributed by atoms with E-state index in [9.17, 15) is 28.8 Å². The van der Waals surface area contributed by atoms with Gasteiger partial charge in [-0.2, -0.15) is 0 Å². The van der Waals surface area contributed by atoms with Gasteiger partial charge >= 0.3 is 6.03 Å². The van der Waals surface area contributed by atoms with Crippen LogP contribution in [0.1, 0.15) is 136 Å². The van der Waals surface area contributed by atoms with Crippen LogP contribution in [0.4, 0.5) is 39.7 Å². The maximum Gasteiger partial charge on any atom is 0.324 e. The highest BCUT2D eigenvalue weighted by Gasteiger charge is 2.30. The molecule has 0 atom stereocenters. The number of amides is 7. The minimum Gasteiger partial charge on any atom is -0.378 e. The molecule has 3 aromatic carbocycles. The fourth-order valence-electron chi connectivity index (χ4n) is 15.4. The number of aryl methyl sites for hydroxylation is 5. The lowest BCUT2D eigenvalue weighted by atomic mass is 9.88. The summed E-state index contributed by atoms with van der Waals surface area (Å²) < 4.78 is 20.6. The Morgan fingerprint density at radius 3 is 1.33 bits per heavy atom. The molecule has 28 nitrogen and oxygen atoms in total. The number of fused-ring (bicyclic) bond motifs is 3. The number of nitrogens with one attached hydrogen (secondary N) is 3. The third kappa shape index (κ3) is 19.1. The van der Waals surface area contributed by atoms with Gasteiger partial charge in [-0.1, -0.05) is 69.0 Å². The molecular formula is C79H102N20O8S. The fraction of sp³-hybridized carbons (Fsp3) is 0.494. The van der Waals surface area contributed by atoms with E-state index in [2.05, 4.69) is 52.5 Å². The fourth-order valence-corrected chi connectivity index (χ4v) is 16.0. The molecule has 7 amide bonds. The summed E-state index contributed by atoms with van der Waals surface area (Å²) in [5.41, 5.74) is 7.52. The van der Waals surface area contributed by atoms with Gasteiger partial charge in [0.2, 0.25) is 41.3 Å². The number of carbonyl (C=O) groups excluding carboxylic acids is 6. The molecule has 3 N–H and O–H groups in total. The van der Waals surface area contributed by atoms with Crippen molar-refractivity contribution in [1.82, 2.24) is 67.6 Å². The number of hydrogen-bond donors (Lipinski definition) is 3. The van der Waals surface area contributed by atoms with Gasteiger partial charge in [-0.25, -0.2) is 29.7 Å². The lowest BCUT2D eigenvalue weighted by Crippen LogP contribution is -2.44. The number of nitrogens with zero attached hydrogens (tertiary/aromatic N) is 17. The molecule has 9 heterocycles. The number of rotatable bonds is 23. The first-order valence-corrected chi connectivity index (χ1v) is 39.4. The quantitative estimate of drug-likeness (QED) is 0.0536. The number of piperazine rings is 1. The third-order valence-corrected chi connectivity index (χ3v) is 22.6. The molecule has 3 saturated carbocycles. The van der Waals surface area contributed by atoms with Crippen LogP contribution in [0.5, 0.6) is 0 Å². The molecule has 0 spiro atoms. The summed E-state index contributed by atoms with van der Waals surface area (Å²) in [5.74, 6) is 1.85. The Balaban J connectivity index is 0.000000143. The largest absolute Gasteiger partial charge is 0.378 e. The first kappa shape index (κ1) is 76.1. The van der Waals surface area contributed by atoms with E-state index in [0.29, 0.717) is 67.6 Å². The highest BCUT2D eigenvalue weighted by atomic mass is 32.1. The minimum atomic E-state index is -0.418. The second-order valence-electron chi connectivity index (χ2n) is 29.1. The highest BCUT2D eigenvalue weighted by Crippen LogP contribution is 2.34. The Labute approximate surface area is 633 Å². The molecule has 5 aliphatic rings. The first-order chi connectivity index (χ1) is 52.7. The number of urea groups is 1. The zero-order valence-electron chi connectivity index (χ0n) is 62.7. The summed E-state index contributed by atoms with van der Waals surface area (Å²) in [6.45, 7) is 11.3. The first-order valence-electron chi connectivity index (χ1n) is 38.6. The standard InChI is InChI=1S/C28H43N7O3.C26H30N6O2S.C25H29N7O3/c1-31-13-15-33(16-14-31)11-6-12-35-25-10-9-23(32(2)26(36)22-7-4-3-5-8-22)21-24(25)29-27(35)30-28(37)34-17-19-38-20-18-34;1-30(25(34)19-7-3-2-4-8-19)20-10-11-22-21(17-20)28-26(29-24(33)23-9-5-16-35-23)32(22)14-6-13-31-15-12-27-18-31;1-30(24(34)18-6-3-2-4-7-18)19-8-9-21-20(16-19)28-25(29-23(33)22-10-11-27-35-22)32(21)14-5-13-31-15-12-26-17-31/h9-10,21-22H,3-8,11-20H2,1-2H3,(H,29,30,37);5,9-12,15-19H,2-4,6-8,13-14H2,1H3,(H,28,29,33);8-12,15-18H,2-7,13-14H2,1H3,(H,28,29,33). The van der Waals surface area contributed by atoms with E-state index in [1.165, 1.54) is 42.9 Å². The number of likely N-dealkylation sites (N-methyl/N-ethyl adjacent to an activating group) is 1. The average Bonchev–Trinajstić information content (AvgIpc) is 1.64. The monoisotopic (exact) mass is 1490 g/mol. The number of hydrogen-bond acceptors (Lipinski definition) is 17. The molecule has 10 aromatic rings. The van der Waals surface area contributed by atoms with Crippen molar-refractivity contribution in [2.75, 3.05) is 118 Å². The van der Waals surface area contributed by atoms with E-state index in [-0.39, 0.29) is 53.2 Å². The third-order valence-electron chi connectivity index (χ3n) is 21.8. The van der Waals surface area contributed by atoms with Crippen LogP contribution >= 0.6 is 11.3 Å². The number of imidazole rings is 5. The van der Waals surface area contributed by atoms with Crippen LogP contribution in [-0.2, 0) is 51.8 Å². The van der Waals surface area contributed by atoms with Crippen molar-refractivity contribution < 1.29 is 38.0 Å². The topological polar surface area (TPSA) is 282 Å². The zero-order valence-corrected chi connectivity index (χ0v) is 63.5. The SMILES string of the molecule is CN(C(=O)C1CCCCC1)c1ccc2c(c1)nc(NC(=O)c1cccs1)n2CCCn1ccnc1.CN(C(=O)C1CCCCC1)c1ccc2c(c1)nc(NC(=O)c1ccno1)n2CCCn1ccnc1.CN1CCN(CCCn2c(NC(=O)N3CCOCC3)nc3cc(N(C)C(=O)C4CCCCC4)ccc32)CC1. The van der Waals surface area contributed by atoms with E-state index in [1.54, 1.807) is 50.7 Å². The van der Waals surface area contributed by atoms with E-state index in [4.69, 9.17) is 24.2 Å². The molecule has 0 unspecified atom stereocenters. The number of aromatic nitrogens is 11. The van der Waals surface area contributed by atoms with Gasteiger partial charge in [-0.3, -0.25) is 39.9 Å². The Hall–Kier alpha value is -10.1. The Morgan fingerprint density at radius 1 is 0.491 bits per heavy atom. The molecule has 15 rings (SSSR count). The van der Waals surface area contributed by atoms with E-state index >= 15 is 0 Å². The molecule has 2 saturated heterocycles. The molecule has 5 fully saturated rings. The van der Waals surface area contributed by atoms with Crippen molar-refractivity contribution in [2.45, 2.75) is 148 Å². The van der Waals surface area contributed by atoms with Gasteiger partial charge in [0.1, 0.15) is 0 Å². The molecule has 2 aliphatic heterocycles. The second kappa shape index (κ2) is 36.7. The van der Waals surface area contributed by atoms with Crippen molar-refractivity contribution in [3.63, 3.8) is 0 Å². The van der Waals surface area contributed by atoms with Gasteiger partial charge in [0.15, 0.2) is 0 Å². The van der Waals surface area contributed by atoms with Crippen LogP contribution < -0.4 is 30.7 Å². The van der Waals surface area contributed by atoms with Crippen molar-refractivity contribution in [3.05, 3.63) is 132 Å². The number of carbonyl (C=O) groups is 6. The Kier molecular flexibility index (Phi) is 25.8. The molecule has 572 valence electrons. The van der Waals surface area contributed by atoms with Crippen LogP contribution in [0.2, 0.25) is 0 Å². The average molecular weight is 1490 g/mol. The maximum absolute atomic E-state index is 13.2. The van der Waals surface area contributed by atoms with Crippen LogP contribution in [0.25, 0.3) is 33.1 Å². The molecule has 0 bridgehead atoms. The van der Waals surface area contributed by atoms with Crippen LogP contribution in [-0.4, -0.2) is 190 Å². The van der Waals surface area contributed by atoms with E-state index < -0.39 is 5.91 Å². The number of anilines is 6. The van der Waals surface area contributed by atoms with Crippen LogP contribution in [0, 0.1) is 17.8 Å². The summed E-state index contributed by atoms with van der Waals surface area (Å²) >= 11 is 1.40. The van der Waals surface area contributed by atoms with Gasteiger partial charge in [-0.15, -0.1) is 11.3 Å². The lowest BCUT2D eigenvalue weighted by Gasteiger charge is -2.32. The molecule has 7 aromatic heterocycles. The summed E-state index contributed by atoms with van der Waals surface area (Å²) in [6.07, 6.45) is 31.2. The molecule has 108 heavy (non-hydrogen) atoms. The number of thiophene rings is 1. The molecule has 0 radical (unpaired) electrons. The van der Waals surface area contributed by atoms with Gasteiger partial charge in [-0.05, 0) is 137 Å². The van der Waals surface area contributed by atoms with Crippen molar-refractivity contribution in [1.29, 1.82) is 0 Å². The zero-order chi connectivity index (χ0) is 74.9. The van der Waals surface area contributed by atoms with Gasteiger partial charge < -0.3 is 61.5 Å². The summed E-state index contributed by atoms with van der Waals surface area (Å²) in [5, 5.41) is 14.4. The van der Waals surface area contributed by atoms with Crippen LogP contribution in [0.3, 0.4) is 0 Å². The van der Waals surface area contributed by atoms with Crippen molar-refractivity contribution in [3.8, 4) is 0 Å². The number of morpholine rings is 1. The summed E-state index contributed by atoms with van der Waals surface area (Å²) in [6, 6.07) is 22.8. The summed E-state index contributed by atoms with van der Waals surface area (Å²) in [4.78, 5) is 113. The molecule has 29 heteroatoms. The molecular weight excluding hydrogens is 1390 g/mol. The van der Waals surface area contributed by atoms with E-state index in [0.717, 1.165) is 193 Å². The predicted octanol–water partition coefficient (Wildman–Crippen LogP) is 12.4. The molecule has 3 aliphatic carbocycles. The highest BCUT2D eigenvalue weighted by molar-refractivity contribution is 7.12. The minimum absolute atomic E-state index is 0.0851. The summed E-state index contributed by atoms with van der Waals surface area (Å²) in [7, 11) is 7.71. The second-order valence-corrected chi connectivity index (χ2v) is 30.0. The van der Waals surface area contributed by atoms with Crippen molar-refractivity contribution in [2.24, 2.45) is 17.8 Å². The number of ether oxygens (including phenoxy) is 1. The lowest BCUT2D eigenvalue weighted by molar-refractivity contribution is -0.123. The number of benzene rings is 3. The predicted molar refractivity (Wildman–Crippen MR) is 420 cm³/mol. The normalized spacial score (nSPS) is 16.4. The Morgan fingerprint density at radius 2 is 0.926 bits per heavy atom. The van der Waals surface area contributed by atoms with Crippen molar-refractivity contribution >= 4 is 115 Å². The van der Waals surface area contributed by atoms with Gasteiger partial charge in [0.05, 0.1) is 70.0 Å². The Bertz CT molecular complexity index is 4390. The maximum atomic E-state index is 13.2. The smallest absolute Gasteiger partial charge is 0.324 e. The van der Waals surface area contributed by atoms with E-state index in [1.807, 2.05) is 118 Å². The van der Waals surface area contributed by atoms with Gasteiger partial charge in [0, 0.05) is 159 Å².